The van der Waals surface area contributed by atoms with Gasteiger partial charge in [0.1, 0.15) is 11.8 Å². The number of Topliss-reactive ketones (excluding diaryl/α,β-unsaturated/α-hetero) is 2. The standard InChI is InChI=1S/C17H15O6P/c18-15-13-8-4-5-9-14(13)16(19)17(15,10-23-11-24(20,21)22)12-6-2-1-3-7-12/h1-9H,10-11H2,(H2,20,21,22). The second-order valence-corrected chi connectivity index (χ2v) is 7.21. The fourth-order valence-electron chi connectivity index (χ4n) is 2.96. The van der Waals surface area contributed by atoms with Crippen LogP contribution in [0.15, 0.2) is 54.6 Å². The molecule has 0 bridgehead atoms. The first kappa shape index (κ1) is 16.7. The molecule has 1 aliphatic rings. The van der Waals surface area contributed by atoms with Gasteiger partial charge in [-0.1, -0.05) is 54.6 Å². The van der Waals surface area contributed by atoms with Gasteiger partial charge in [0.25, 0.3) is 0 Å². The van der Waals surface area contributed by atoms with Gasteiger partial charge in [0.05, 0.1) is 6.61 Å². The summed E-state index contributed by atoms with van der Waals surface area (Å²) in [6.45, 7) is -0.422. The molecule has 0 atom stereocenters. The second kappa shape index (κ2) is 6.07. The molecule has 0 radical (unpaired) electrons. The zero-order valence-electron chi connectivity index (χ0n) is 12.6. The molecule has 0 fully saturated rings. The van der Waals surface area contributed by atoms with Crippen LogP contribution in [0, 0.1) is 0 Å². The van der Waals surface area contributed by atoms with Gasteiger partial charge in [-0.2, -0.15) is 0 Å². The van der Waals surface area contributed by atoms with E-state index in [0.29, 0.717) is 16.7 Å². The first-order chi connectivity index (χ1) is 11.4. The summed E-state index contributed by atoms with van der Waals surface area (Å²) in [5.41, 5.74) is -0.570. The topological polar surface area (TPSA) is 101 Å². The molecule has 7 heteroatoms. The predicted octanol–water partition coefficient (Wildman–Crippen LogP) is 2.16. The molecule has 0 unspecified atom stereocenters. The molecule has 2 aromatic carbocycles. The lowest BCUT2D eigenvalue weighted by Crippen LogP contribution is -2.43. The molecule has 124 valence electrons. The summed E-state index contributed by atoms with van der Waals surface area (Å²) in [5.74, 6) is -0.833. The average molecular weight is 346 g/mol. The molecule has 2 N–H and O–H groups in total. The Kier molecular flexibility index (Phi) is 4.24. The maximum Gasteiger partial charge on any atom is 0.350 e. The van der Waals surface area contributed by atoms with E-state index in [0.717, 1.165) is 0 Å². The van der Waals surface area contributed by atoms with Gasteiger partial charge in [-0.05, 0) is 5.56 Å². The maximum absolute atomic E-state index is 13.0. The van der Waals surface area contributed by atoms with Crippen molar-refractivity contribution in [3.05, 3.63) is 71.3 Å². The third kappa shape index (κ3) is 2.74. The molecule has 0 amide bonds. The van der Waals surface area contributed by atoms with Crippen LogP contribution >= 0.6 is 7.60 Å². The van der Waals surface area contributed by atoms with Crippen molar-refractivity contribution >= 4 is 19.2 Å². The van der Waals surface area contributed by atoms with E-state index in [1.807, 2.05) is 0 Å². The molecule has 0 saturated heterocycles. The minimum atomic E-state index is -4.40. The number of carbonyl (C=O) groups is 2. The van der Waals surface area contributed by atoms with Crippen LogP contribution in [0.4, 0.5) is 0 Å². The van der Waals surface area contributed by atoms with E-state index in [-0.39, 0.29) is 0 Å². The first-order valence-electron chi connectivity index (χ1n) is 7.23. The van der Waals surface area contributed by atoms with Gasteiger partial charge in [-0.25, -0.2) is 0 Å². The van der Waals surface area contributed by atoms with Crippen LogP contribution in [-0.2, 0) is 14.7 Å². The van der Waals surface area contributed by atoms with Gasteiger partial charge in [-0.15, -0.1) is 0 Å². The number of ketones is 2. The van der Waals surface area contributed by atoms with Crippen LogP contribution in [-0.4, -0.2) is 34.3 Å². The zero-order chi connectivity index (χ0) is 17.4. The van der Waals surface area contributed by atoms with Crippen LogP contribution < -0.4 is 0 Å². The Morgan fingerprint density at radius 1 is 0.875 bits per heavy atom. The van der Waals surface area contributed by atoms with Crippen molar-refractivity contribution in [3.63, 3.8) is 0 Å². The van der Waals surface area contributed by atoms with E-state index in [4.69, 9.17) is 14.5 Å². The number of rotatable bonds is 5. The van der Waals surface area contributed by atoms with Crippen LogP contribution in [0.25, 0.3) is 0 Å². The summed E-state index contributed by atoms with van der Waals surface area (Å²) in [6.07, 6.45) is -0.849. The quantitative estimate of drug-likeness (QED) is 0.635. The predicted molar refractivity (Wildman–Crippen MR) is 86.1 cm³/mol. The largest absolute Gasteiger partial charge is 0.367 e. The number of carbonyl (C=O) groups excluding carboxylic acids is 2. The van der Waals surface area contributed by atoms with E-state index < -0.39 is 37.5 Å². The molecule has 0 saturated carbocycles. The van der Waals surface area contributed by atoms with Gasteiger partial charge in [0.2, 0.25) is 0 Å². The Hall–Kier alpha value is -2.11. The van der Waals surface area contributed by atoms with Crippen molar-refractivity contribution in [2.75, 3.05) is 13.0 Å². The molecular formula is C17H15O6P. The van der Waals surface area contributed by atoms with Crippen molar-refractivity contribution in [1.82, 2.24) is 0 Å². The number of hydrogen-bond acceptors (Lipinski definition) is 4. The van der Waals surface area contributed by atoms with Gasteiger partial charge < -0.3 is 14.5 Å². The highest BCUT2D eigenvalue weighted by atomic mass is 31.2. The lowest BCUT2D eigenvalue weighted by atomic mass is 9.76. The summed E-state index contributed by atoms with van der Waals surface area (Å²) in [7, 11) is -4.40. The van der Waals surface area contributed by atoms with Gasteiger partial charge in [0.15, 0.2) is 11.6 Å². The summed E-state index contributed by atoms with van der Waals surface area (Å²) in [6, 6.07) is 14.9. The average Bonchev–Trinajstić information content (AvgIpc) is 2.78. The molecule has 24 heavy (non-hydrogen) atoms. The van der Waals surface area contributed by atoms with Crippen molar-refractivity contribution < 1.29 is 28.7 Å². The van der Waals surface area contributed by atoms with Crippen molar-refractivity contribution in [2.45, 2.75) is 5.41 Å². The fourth-order valence-corrected chi connectivity index (χ4v) is 3.29. The highest BCUT2D eigenvalue weighted by Gasteiger charge is 2.54. The number of fused-ring (bicyclic) bond motifs is 1. The molecule has 0 aromatic heterocycles. The van der Waals surface area contributed by atoms with E-state index in [1.165, 1.54) is 0 Å². The molecule has 1 aliphatic carbocycles. The van der Waals surface area contributed by atoms with Gasteiger partial charge in [0, 0.05) is 11.1 Å². The lowest BCUT2D eigenvalue weighted by Gasteiger charge is -2.26. The van der Waals surface area contributed by atoms with Crippen LogP contribution in [0.1, 0.15) is 26.3 Å². The van der Waals surface area contributed by atoms with Gasteiger partial charge in [-0.3, -0.25) is 14.2 Å². The maximum atomic E-state index is 13.0. The zero-order valence-corrected chi connectivity index (χ0v) is 13.5. The first-order valence-corrected chi connectivity index (χ1v) is 9.02. The monoisotopic (exact) mass is 346 g/mol. The molecule has 6 nitrogen and oxygen atoms in total. The summed E-state index contributed by atoms with van der Waals surface area (Å²) in [4.78, 5) is 43.9. The molecular weight excluding hydrogens is 331 g/mol. The molecule has 2 aromatic rings. The van der Waals surface area contributed by atoms with Crippen LogP contribution in [0.2, 0.25) is 0 Å². The second-order valence-electron chi connectivity index (χ2n) is 5.62. The SMILES string of the molecule is O=C1c2ccccc2C(=O)C1(COCP(=O)(O)O)c1ccccc1. The molecule has 0 heterocycles. The smallest absolute Gasteiger partial charge is 0.350 e. The Labute approximate surface area is 138 Å². The number of ether oxygens (including phenoxy) is 1. The van der Waals surface area contributed by atoms with E-state index in [1.54, 1.807) is 54.6 Å². The highest BCUT2D eigenvalue weighted by molar-refractivity contribution is 7.51. The van der Waals surface area contributed by atoms with Crippen molar-refractivity contribution in [1.29, 1.82) is 0 Å². The van der Waals surface area contributed by atoms with Crippen molar-refractivity contribution in [3.8, 4) is 0 Å². The number of benzene rings is 2. The van der Waals surface area contributed by atoms with Crippen LogP contribution in [0.3, 0.4) is 0 Å². The lowest BCUT2D eigenvalue weighted by molar-refractivity contribution is 0.0602. The Balaban J connectivity index is 2.06. The highest BCUT2D eigenvalue weighted by Crippen LogP contribution is 2.41. The normalized spacial score (nSPS) is 16.2. The molecule has 3 rings (SSSR count). The van der Waals surface area contributed by atoms with Gasteiger partial charge >= 0.3 is 7.60 Å². The third-order valence-electron chi connectivity index (χ3n) is 4.04. The van der Waals surface area contributed by atoms with E-state index in [2.05, 4.69) is 0 Å². The number of hydrogen-bond donors (Lipinski definition) is 2. The summed E-state index contributed by atoms with van der Waals surface area (Å²) >= 11 is 0. The van der Waals surface area contributed by atoms with E-state index >= 15 is 0 Å². The minimum absolute atomic E-state index is 0.297. The fraction of sp³-hybridized carbons (Fsp3) is 0.176. The summed E-state index contributed by atoms with van der Waals surface area (Å²) in [5, 5.41) is 0. The Bertz CT molecular complexity index is 804. The molecule has 0 aliphatic heterocycles. The Morgan fingerprint density at radius 3 is 1.88 bits per heavy atom. The molecule has 0 spiro atoms. The van der Waals surface area contributed by atoms with Crippen LogP contribution in [0.5, 0.6) is 0 Å². The Morgan fingerprint density at radius 2 is 1.38 bits per heavy atom. The van der Waals surface area contributed by atoms with Crippen molar-refractivity contribution in [2.24, 2.45) is 0 Å². The minimum Gasteiger partial charge on any atom is -0.367 e. The summed E-state index contributed by atoms with van der Waals surface area (Å²) < 4.78 is 16.1. The third-order valence-corrected chi connectivity index (χ3v) is 4.56. The van der Waals surface area contributed by atoms with E-state index in [9.17, 15) is 14.2 Å².